The minimum absolute atomic E-state index is 0.781. The number of aryl methyl sites for hydroxylation is 4. The third-order valence-electron chi connectivity index (χ3n) is 6.78. The molecule has 0 unspecified atom stereocenters. The zero-order chi connectivity index (χ0) is 23.1. The van der Waals surface area contributed by atoms with Crippen molar-refractivity contribution in [1.82, 2.24) is 0 Å². The Hall–Kier alpha value is -3.78. The Kier molecular flexibility index (Phi) is 5.30. The first-order chi connectivity index (χ1) is 15.9. The number of nitrogens with one attached hydrogen (secondary N) is 1. The van der Waals surface area contributed by atoms with Crippen LogP contribution in [0.25, 0.3) is 32.7 Å². The molecular weight excluding hydrogens is 400 g/mol. The van der Waals surface area contributed by atoms with Gasteiger partial charge in [0.2, 0.25) is 0 Å². The van der Waals surface area contributed by atoms with Crippen LogP contribution >= 0.6 is 0 Å². The summed E-state index contributed by atoms with van der Waals surface area (Å²) in [6.45, 7) is 9.32. The summed E-state index contributed by atoms with van der Waals surface area (Å²) >= 11 is 0. The second-order valence-electron chi connectivity index (χ2n) is 9.16. The zero-order valence-corrected chi connectivity index (χ0v) is 19.8. The Bertz CT molecular complexity index is 1410. The lowest BCUT2D eigenvalue weighted by molar-refractivity contribution is 1.16. The van der Waals surface area contributed by atoms with Gasteiger partial charge in [-0.15, -0.1) is 0 Å². The maximum absolute atomic E-state index is 6.18. The number of fused-ring (bicyclic) bond motifs is 2. The fraction of sp³-hybridized carbons (Fsp3) is 0.161. The molecule has 0 amide bonds. The highest BCUT2D eigenvalue weighted by Gasteiger charge is 2.11. The van der Waals surface area contributed by atoms with Gasteiger partial charge >= 0.3 is 0 Å². The molecule has 5 aromatic rings. The molecule has 0 spiro atoms. The van der Waals surface area contributed by atoms with E-state index in [2.05, 4.69) is 112 Å². The lowest BCUT2D eigenvalue weighted by atomic mass is 9.94. The molecule has 0 aliphatic heterocycles. The molecule has 0 atom stereocenters. The molecular formula is C31H30N2. The van der Waals surface area contributed by atoms with Gasteiger partial charge < -0.3 is 11.1 Å². The molecule has 2 nitrogen and oxygen atoms in total. The molecule has 0 heterocycles. The van der Waals surface area contributed by atoms with Crippen molar-refractivity contribution in [3.63, 3.8) is 0 Å². The van der Waals surface area contributed by atoms with Gasteiger partial charge in [0.25, 0.3) is 0 Å². The summed E-state index contributed by atoms with van der Waals surface area (Å²) in [6, 6.07) is 28.6. The summed E-state index contributed by atoms with van der Waals surface area (Å²) < 4.78 is 0. The van der Waals surface area contributed by atoms with Crippen LogP contribution in [0.2, 0.25) is 0 Å². The molecule has 0 fully saturated rings. The third-order valence-corrected chi connectivity index (χ3v) is 6.78. The van der Waals surface area contributed by atoms with Crippen molar-refractivity contribution in [3.8, 4) is 11.1 Å². The number of rotatable bonds is 4. The van der Waals surface area contributed by atoms with Crippen LogP contribution in [0.4, 0.5) is 11.4 Å². The lowest BCUT2D eigenvalue weighted by Crippen LogP contribution is -2.05. The molecule has 0 bridgehead atoms. The van der Waals surface area contributed by atoms with Crippen molar-refractivity contribution >= 4 is 32.9 Å². The highest BCUT2D eigenvalue weighted by molar-refractivity contribution is 6.02. The largest absolute Gasteiger partial charge is 0.398 e. The molecule has 3 N–H and O–H groups in total. The summed E-state index contributed by atoms with van der Waals surface area (Å²) in [6.07, 6.45) is 0. The zero-order valence-electron chi connectivity index (χ0n) is 19.8. The van der Waals surface area contributed by atoms with E-state index in [0.717, 1.165) is 23.4 Å². The van der Waals surface area contributed by atoms with Crippen LogP contribution in [0.15, 0.2) is 78.9 Å². The van der Waals surface area contributed by atoms with Crippen molar-refractivity contribution in [2.45, 2.75) is 34.2 Å². The highest BCUT2D eigenvalue weighted by atomic mass is 14.9. The van der Waals surface area contributed by atoms with Gasteiger partial charge in [-0.05, 0) is 119 Å². The smallest absolute Gasteiger partial charge is 0.0413 e. The Balaban J connectivity index is 1.53. The highest BCUT2D eigenvalue weighted by Crippen LogP contribution is 2.33. The van der Waals surface area contributed by atoms with E-state index in [1.165, 1.54) is 55.0 Å². The predicted octanol–water partition coefficient (Wildman–Crippen LogP) is 8.09. The lowest BCUT2D eigenvalue weighted by Gasteiger charge is -2.18. The topological polar surface area (TPSA) is 38.0 Å². The quantitative estimate of drug-likeness (QED) is 0.223. The van der Waals surface area contributed by atoms with Crippen LogP contribution in [0.5, 0.6) is 0 Å². The fourth-order valence-corrected chi connectivity index (χ4v) is 5.03. The number of anilines is 2. The van der Waals surface area contributed by atoms with Gasteiger partial charge in [-0.1, -0.05) is 48.5 Å². The van der Waals surface area contributed by atoms with Crippen molar-refractivity contribution < 1.29 is 0 Å². The summed E-state index contributed by atoms with van der Waals surface area (Å²) in [5.74, 6) is 0. The summed E-state index contributed by atoms with van der Waals surface area (Å²) in [4.78, 5) is 0. The van der Waals surface area contributed by atoms with Crippen LogP contribution in [0.1, 0.15) is 27.8 Å². The third kappa shape index (κ3) is 3.82. The van der Waals surface area contributed by atoms with E-state index >= 15 is 0 Å². The molecule has 0 aliphatic carbocycles. The molecule has 33 heavy (non-hydrogen) atoms. The van der Waals surface area contributed by atoms with E-state index in [1.807, 2.05) is 0 Å². The molecule has 0 radical (unpaired) electrons. The van der Waals surface area contributed by atoms with Crippen LogP contribution in [-0.4, -0.2) is 0 Å². The molecule has 0 saturated carbocycles. The number of nitrogen functional groups attached to an aromatic ring is 1. The van der Waals surface area contributed by atoms with Crippen LogP contribution in [0, 0.1) is 27.7 Å². The minimum atomic E-state index is 0.781. The van der Waals surface area contributed by atoms with Crippen molar-refractivity contribution in [2.75, 3.05) is 11.1 Å². The van der Waals surface area contributed by atoms with Gasteiger partial charge in [0.15, 0.2) is 0 Å². The van der Waals surface area contributed by atoms with Crippen molar-refractivity contribution in [1.29, 1.82) is 0 Å². The Morgan fingerprint density at radius 1 is 0.606 bits per heavy atom. The van der Waals surface area contributed by atoms with E-state index in [0.29, 0.717) is 0 Å². The predicted molar refractivity (Wildman–Crippen MR) is 144 cm³/mol. The van der Waals surface area contributed by atoms with E-state index in [-0.39, 0.29) is 0 Å². The molecule has 5 rings (SSSR count). The summed E-state index contributed by atoms with van der Waals surface area (Å²) in [5.41, 5.74) is 16.8. The second kappa shape index (κ2) is 8.29. The number of benzene rings is 5. The Labute approximate surface area is 196 Å². The molecule has 2 heteroatoms. The molecule has 0 aliphatic rings. The first-order valence-corrected chi connectivity index (χ1v) is 11.5. The van der Waals surface area contributed by atoms with Gasteiger partial charge in [-0.2, -0.15) is 0 Å². The van der Waals surface area contributed by atoms with Gasteiger partial charge in [0.05, 0.1) is 0 Å². The molecule has 164 valence electrons. The van der Waals surface area contributed by atoms with E-state index in [4.69, 9.17) is 5.73 Å². The van der Waals surface area contributed by atoms with Gasteiger partial charge in [-0.25, -0.2) is 0 Å². The summed E-state index contributed by atoms with van der Waals surface area (Å²) in [5, 5.41) is 8.96. The molecule has 0 saturated heterocycles. The van der Waals surface area contributed by atoms with Crippen LogP contribution < -0.4 is 11.1 Å². The van der Waals surface area contributed by atoms with Crippen molar-refractivity contribution in [2.24, 2.45) is 0 Å². The number of hydrogen-bond acceptors (Lipinski definition) is 2. The first-order valence-electron chi connectivity index (χ1n) is 11.5. The van der Waals surface area contributed by atoms with Gasteiger partial charge in [-0.3, -0.25) is 0 Å². The summed E-state index contributed by atoms with van der Waals surface area (Å²) in [7, 11) is 0. The normalized spacial score (nSPS) is 11.3. The Morgan fingerprint density at radius 2 is 1.06 bits per heavy atom. The van der Waals surface area contributed by atoms with E-state index < -0.39 is 0 Å². The standard InChI is InChI=1S/C31H30N2/c1-19-13-25(14-20(2)30(19)32)26-15-21(3)31(22(4)16-26)33-18-29-27-11-7-5-9-23(27)17-24-10-6-8-12-28(24)29/h5-17,33H,18,32H2,1-4H3. The number of hydrogen-bond donors (Lipinski definition) is 2. The second-order valence-corrected chi connectivity index (χ2v) is 9.16. The fourth-order valence-electron chi connectivity index (χ4n) is 5.03. The van der Waals surface area contributed by atoms with E-state index in [9.17, 15) is 0 Å². The average molecular weight is 431 g/mol. The minimum Gasteiger partial charge on any atom is -0.398 e. The van der Waals surface area contributed by atoms with Crippen LogP contribution in [-0.2, 0) is 6.54 Å². The van der Waals surface area contributed by atoms with Crippen molar-refractivity contribution in [3.05, 3.63) is 107 Å². The monoisotopic (exact) mass is 430 g/mol. The van der Waals surface area contributed by atoms with Crippen LogP contribution in [0.3, 0.4) is 0 Å². The molecule has 5 aromatic carbocycles. The maximum atomic E-state index is 6.18. The Morgan fingerprint density at radius 3 is 1.58 bits per heavy atom. The first kappa shape index (κ1) is 21.1. The van der Waals surface area contributed by atoms with Gasteiger partial charge in [0.1, 0.15) is 0 Å². The molecule has 0 aromatic heterocycles. The van der Waals surface area contributed by atoms with Gasteiger partial charge in [0, 0.05) is 17.9 Å². The maximum Gasteiger partial charge on any atom is 0.0413 e. The number of nitrogens with two attached hydrogens (primary N) is 1. The SMILES string of the molecule is Cc1cc(-c2cc(C)c(NCc3c4ccccc4cc4ccccc34)c(C)c2)cc(C)c1N. The average Bonchev–Trinajstić information content (AvgIpc) is 2.80. The van der Waals surface area contributed by atoms with E-state index in [1.54, 1.807) is 0 Å².